The maximum Gasteiger partial charge on any atom is 0.309 e. The standard InChI is InChI=1S/C17H18FNO4/c1-17(2,16(21)22)9-10-19-15(20)14-8-7-13(23-14)11-5-3-4-6-12(11)18/h3-8H,9-10H2,1-2H3,(H,19,20)(H,21,22). The Morgan fingerprint density at radius 1 is 1.22 bits per heavy atom. The van der Waals surface area contributed by atoms with Gasteiger partial charge in [-0.1, -0.05) is 12.1 Å². The van der Waals surface area contributed by atoms with Crippen molar-refractivity contribution in [2.75, 3.05) is 6.54 Å². The lowest BCUT2D eigenvalue weighted by Crippen LogP contribution is -2.31. The van der Waals surface area contributed by atoms with Crippen molar-refractivity contribution in [1.29, 1.82) is 0 Å². The van der Waals surface area contributed by atoms with Gasteiger partial charge < -0.3 is 14.8 Å². The van der Waals surface area contributed by atoms with Gasteiger partial charge in [-0.05, 0) is 44.5 Å². The van der Waals surface area contributed by atoms with Crippen LogP contribution in [-0.2, 0) is 4.79 Å². The van der Waals surface area contributed by atoms with Crippen molar-refractivity contribution < 1.29 is 23.5 Å². The molecule has 0 radical (unpaired) electrons. The Balaban J connectivity index is 2.00. The van der Waals surface area contributed by atoms with Gasteiger partial charge >= 0.3 is 5.97 Å². The minimum atomic E-state index is -0.924. The molecule has 0 bridgehead atoms. The van der Waals surface area contributed by atoms with Gasteiger partial charge in [0.15, 0.2) is 5.76 Å². The molecule has 2 aromatic rings. The molecule has 0 unspecified atom stereocenters. The van der Waals surface area contributed by atoms with Crippen molar-refractivity contribution in [2.24, 2.45) is 5.41 Å². The Labute approximate surface area is 133 Å². The summed E-state index contributed by atoms with van der Waals surface area (Å²) in [5.41, 5.74) is -0.645. The van der Waals surface area contributed by atoms with E-state index in [0.717, 1.165) is 0 Å². The average molecular weight is 319 g/mol. The summed E-state index contributed by atoms with van der Waals surface area (Å²) in [6.45, 7) is 3.38. The van der Waals surface area contributed by atoms with E-state index in [1.165, 1.54) is 18.2 Å². The molecular formula is C17H18FNO4. The number of halogens is 1. The summed E-state index contributed by atoms with van der Waals surface area (Å²) >= 11 is 0. The third-order valence-corrected chi connectivity index (χ3v) is 3.58. The van der Waals surface area contributed by atoms with Gasteiger partial charge in [-0.2, -0.15) is 0 Å². The number of rotatable bonds is 6. The van der Waals surface area contributed by atoms with E-state index in [1.54, 1.807) is 32.0 Å². The summed E-state index contributed by atoms with van der Waals surface area (Å²) in [5, 5.41) is 11.6. The number of aliphatic carboxylic acids is 1. The fourth-order valence-electron chi connectivity index (χ4n) is 1.95. The molecule has 0 atom stereocenters. The van der Waals surface area contributed by atoms with Crippen molar-refractivity contribution >= 4 is 11.9 Å². The Bertz CT molecular complexity index is 721. The minimum Gasteiger partial charge on any atom is -0.481 e. The molecule has 6 heteroatoms. The van der Waals surface area contributed by atoms with E-state index in [4.69, 9.17) is 9.52 Å². The normalized spacial score (nSPS) is 11.3. The predicted molar refractivity (Wildman–Crippen MR) is 82.5 cm³/mol. The molecule has 0 saturated heterocycles. The summed E-state index contributed by atoms with van der Waals surface area (Å²) in [4.78, 5) is 23.0. The second-order valence-corrected chi connectivity index (χ2v) is 5.84. The molecule has 1 heterocycles. The maximum atomic E-state index is 13.7. The summed E-state index contributed by atoms with van der Waals surface area (Å²) in [5.74, 6) is -1.51. The van der Waals surface area contributed by atoms with E-state index in [-0.39, 0.29) is 30.0 Å². The van der Waals surface area contributed by atoms with Crippen LogP contribution in [0.3, 0.4) is 0 Å². The van der Waals surface area contributed by atoms with Crippen LogP contribution < -0.4 is 5.32 Å². The third kappa shape index (κ3) is 3.97. The number of carboxylic acids is 1. The number of hydrogen-bond acceptors (Lipinski definition) is 3. The van der Waals surface area contributed by atoms with Crippen LogP contribution in [0.4, 0.5) is 4.39 Å². The molecule has 2 rings (SSSR count). The largest absolute Gasteiger partial charge is 0.481 e. The van der Waals surface area contributed by atoms with Crippen molar-refractivity contribution in [3.05, 3.63) is 48.0 Å². The number of benzene rings is 1. The quantitative estimate of drug-likeness (QED) is 0.856. The third-order valence-electron chi connectivity index (χ3n) is 3.58. The summed E-state index contributed by atoms with van der Waals surface area (Å²) in [6.07, 6.45) is 0.287. The van der Waals surface area contributed by atoms with E-state index in [0.29, 0.717) is 0 Å². The molecule has 2 N–H and O–H groups in total. The first kappa shape index (κ1) is 16.7. The van der Waals surface area contributed by atoms with Gasteiger partial charge in [0.1, 0.15) is 11.6 Å². The lowest BCUT2D eigenvalue weighted by molar-refractivity contribution is -0.147. The number of nitrogens with one attached hydrogen (secondary N) is 1. The van der Waals surface area contributed by atoms with E-state index >= 15 is 0 Å². The molecule has 1 aromatic heterocycles. The van der Waals surface area contributed by atoms with Gasteiger partial charge in [-0.3, -0.25) is 9.59 Å². The highest BCUT2D eigenvalue weighted by Gasteiger charge is 2.26. The van der Waals surface area contributed by atoms with Gasteiger partial charge in [0.25, 0.3) is 5.91 Å². The smallest absolute Gasteiger partial charge is 0.309 e. The second-order valence-electron chi connectivity index (χ2n) is 5.84. The lowest BCUT2D eigenvalue weighted by atomic mass is 9.90. The number of hydrogen-bond donors (Lipinski definition) is 2. The van der Waals surface area contributed by atoms with Crippen LogP contribution in [0.15, 0.2) is 40.8 Å². The average Bonchev–Trinajstić information content (AvgIpc) is 2.97. The summed E-state index contributed by atoms with van der Waals surface area (Å²) < 4.78 is 19.1. The number of carbonyl (C=O) groups is 2. The van der Waals surface area contributed by atoms with Crippen LogP contribution in [0.5, 0.6) is 0 Å². The highest BCUT2D eigenvalue weighted by Crippen LogP contribution is 2.25. The van der Waals surface area contributed by atoms with E-state index in [2.05, 4.69) is 5.32 Å². The number of amides is 1. The Morgan fingerprint density at radius 2 is 1.91 bits per heavy atom. The van der Waals surface area contributed by atoms with Crippen LogP contribution in [0.2, 0.25) is 0 Å². The first-order valence-electron chi connectivity index (χ1n) is 7.17. The molecule has 23 heavy (non-hydrogen) atoms. The molecule has 122 valence electrons. The minimum absolute atomic E-state index is 0.0522. The number of carbonyl (C=O) groups excluding carboxylic acids is 1. The summed E-state index contributed by atoms with van der Waals surface area (Å²) in [6, 6.07) is 9.10. The number of carboxylic acid groups (broad SMARTS) is 1. The maximum absolute atomic E-state index is 13.7. The summed E-state index contributed by atoms with van der Waals surface area (Å²) in [7, 11) is 0. The molecule has 1 amide bonds. The Hall–Kier alpha value is -2.63. The Morgan fingerprint density at radius 3 is 2.57 bits per heavy atom. The SMILES string of the molecule is CC(C)(CCNC(=O)c1ccc(-c2ccccc2F)o1)C(=O)O. The van der Waals surface area contributed by atoms with Gasteiger partial charge in [-0.15, -0.1) is 0 Å². The van der Waals surface area contributed by atoms with Crippen LogP contribution in [0.25, 0.3) is 11.3 Å². The zero-order valence-electron chi connectivity index (χ0n) is 12.9. The molecule has 0 spiro atoms. The predicted octanol–water partition coefficient (Wildman–Crippen LogP) is 3.32. The van der Waals surface area contributed by atoms with Crippen LogP contribution in [0, 0.1) is 11.2 Å². The van der Waals surface area contributed by atoms with Crippen LogP contribution >= 0.6 is 0 Å². The zero-order valence-corrected chi connectivity index (χ0v) is 12.9. The van der Waals surface area contributed by atoms with Crippen LogP contribution in [0.1, 0.15) is 30.8 Å². The highest BCUT2D eigenvalue weighted by molar-refractivity contribution is 5.92. The fourth-order valence-corrected chi connectivity index (χ4v) is 1.95. The van der Waals surface area contributed by atoms with Gasteiger partial charge in [0, 0.05) is 6.54 Å². The Kier molecular flexibility index (Phi) is 4.83. The van der Waals surface area contributed by atoms with E-state index in [9.17, 15) is 14.0 Å². The monoisotopic (exact) mass is 319 g/mol. The molecule has 5 nitrogen and oxygen atoms in total. The molecule has 0 fully saturated rings. The second kappa shape index (κ2) is 6.64. The first-order chi connectivity index (χ1) is 10.8. The van der Waals surface area contributed by atoms with Crippen molar-refractivity contribution in [3.8, 4) is 11.3 Å². The van der Waals surface area contributed by atoms with E-state index < -0.39 is 23.1 Å². The molecule has 1 aromatic carbocycles. The molecule has 0 saturated carbocycles. The number of furan rings is 1. The fraction of sp³-hybridized carbons (Fsp3) is 0.294. The topological polar surface area (TPSA) is 79.5 Å². The van der Waals surface area contributed by atoms with Gasteiger partial charge in [-0.25, -0.2) is 4.39 Å². The molecule has 0 aliphatic carbocycles. The van der Waals surface area contributed by atoms with Crippen molar-refractivity contribution in [1.82, 2.24) is 5.32 Å². The molecule has 0 aliphatic rings. The van der Waals surface area contributed by atoms with Gasteiger partial charge in [0.2, 0.25) is 0 Å². The van der Waals surface area contributed by atoms with Crippen molar-refractivity contribution in [2.45, 2.75) is 20.3 Å². The van der Waals surface area contributed by atoms with Gasteiger partial charge in [0.05, 0.1) is 11.0 Å². The first-order valence-corrected chi connectivity index (χ1v) is 7.17. The van der Waals surface area contributed by atoms with Crippen molar-refractivity contribution in [3.63, 3.8) is 0 Å². The van der Waals surface area contributed by atoms with Crippen LogP contribution in [-0.4, -0.2) is 23.5 Å². The van der Waals surface area contributed by atoms with E-state index in [1.807, 2.05) is 0 Å². The molecular weight excluding hydrogens is 301 g/mol. The lowest BCUT2D eigenvalue weighted by Gasteiger charge is -2.18. The highest BCUT2D eigenvalue weighted by atomic mass is 19.1. The molecule has 0 aliphatic heterocycles. The zero-order chi connectivity index (χ0) is 17.0.